The SMILES string of the molecule is Cc1ncc(-c2cnc3n[nH]c(-c4cc5c(-c6cc(F)cc(CCCN(C)C)c6)nccc5[nH]4)c3c2)n1C. The lowest BCUT2D eigenvalue weighted by atomic mass is 10.0. The number of halogens is 1. The van der Waals surface area contributed by atoms with Crippen LogP contribution in [0.15, 0.2) is 55.0 Å². The predicted molar refractivity (Wildman–Crippen MR) is 148 cm³/mol. The maximum Gasteiger partial charge on any atom is 0.181 e. The van der Waals surface area contributed by atoms with Gasteiger partial charge < -0.3 is 14.5 Å². The second-order valence-electron chi connectivity index (χ2n) is 10.0. The number of fused-ring (bicyclic) bond motifs is 2. The molecule has 0 radical (unpaired) electrons. The summed E-state index contributed by atoms with van der Waals surface area (Å²) in [5.74, 6) is 0.682. The van der Waals surface area contributed by atoms with Crippen molar-refractivity contribution in [3.63, 3.8) is 0 Å². The molecule has 2 N–H and O–H groups in total. The number of H-pyrrole nitrogens is 2. The molecular weight excluding hydrogens is 479 g/mol. The summed E-state index contributed by atoms with van der Waals surface area (Å²) in [5.41, 5.74) is 7.67. The molecule has 1 aromatic carbocycles. The molecule has 5 heterocycles. The van der Waals surface area contributed by atoms with Crippen molar-refractivity contribution in [1.29, 1.82) is 0 Å². The van der Waals surface area contributed by atoms with Crippen molar-refractivity contribution in [3.8, 4) is 33.9 Å². The van der Waals surface area contributed by atoms with Gasteiger partial charge in [0.1, 0.15) is 11.6 Å². The van der Waals surface area contributed by atoms with Crippen LogP contribution in [0.2, 0.25) is 0 Å². The van der Waals surface area contributed by atoms with E-state index in [4.69, 9.17) is 0 Å². The van der Waals surface area contributed by atoms with Crippen LogP contribution in [-0.2, 0) is 13.5 Å². The van der Waals surface area contributed by atoms with E-state index >= 15 is 0 Å². The molecule has 0 atom stereocenters. The van der Waals surface area contributed by atoms with Crippen LogP contribution in [0, 0.1) is 12.7 Å². The lowest BCUT2D eigenvalue weighted by Crippen LogP contribution is -2.13. The van der Waals surface area contributed by atoms with Gasteiger partial charge in [0.05, 0.1) is 29.0 Å². The second kappa shape index (κ2) is 9.50. The number of benzene rings is 1. The molecule has 0 unspecified atom stereocenters. The lowest BCUT2D eigenvalue weighted by molar-refractivity contribution is 0.400. The minimum Gasteiger partial charge on any atom is -0.353 e. The van der Waals surface area contributed by atoms with Crippen molar-refractivity contribution in [3.05, 3.63) is 72.2 Å². The average molecular weight is 509 g/mol. The number of aromatic amines is 2. The number of nitrogens with one attached hydrogen (secondary N) is 2. The fourth-order valence-electron chi connectivity index (χ4n) is 4.96. The van der Waals surface area contributed by atoms with Crippen molar-refractivity contribution in [1.82, 2.24) is 39.6 Å². The van der Waals surface area contributed by atoms with Crippen molar-refractivity contribution < 1.29 is 4.39 Å². The summed E-state index contributed by atoms with van der Waals surface area (Å²) >= 11 is 0. The zero-order chi connectivity index (χ0) is 26.4. The summed E-state index contributed by atoms with van der Waals surface area (Å²) in [6.07, 6.45) is 7.19. The number of hydrogen-bond donors (Lipinski definition) is 2. The van der Waals surface area contributed by atoms with Gasteiger partial charge in [0.25, 0.3) is 0 Å². The van der Waals surface area contributed by atoms with Gasteiger partial charge in [0.15, 0.2) is 5.65 Å². The highest BCUT2D eigenvalue weighted by Crippen LogP contribution is 2.34. The monoisotopic (exact) mass is 508 g/mol. The summed E-state index contributed by atoms with van der Waals surface area (Å²) in [6.45, 7) is 2.93. The van der Waals surface area contributed by atoms with Gasteiger partial charge in [0.2, 0.25) is 0 Å². The van der Waals surface area contributed by atoms with Crippen LogP contribution in [0.5, 0.6) is 0 Å². The molecule has 0 spiro atoms. The molecule has 0 aliphatic rings. The summed E-state index contributed by atoms with van der Waals surface area (Å²) in [5, 5.41) is 9.39. The second-order valence-corrected chi connectivity index (χ2v) is 10.0. The van der Waals surface area contributed by atoms with Gasteiger partial charge in [-0.2, -0.15) is 5.10 Å². The van der Waals surface area contributed by atoms with E-state index in [-0.39, 0.29) is 5.82 Å². The molecular formula is C29H29FN8. The Kier molecular flexibility index (Phi) is 6.00. The molecule has 5 aromatic heterocycles. The minimum atomic E-state index is -0.250. The topological polar surface area (TPSA) is 91.3 Å². The molecule has 0 aliphatic heterocycles. The number of aryl methyl sites for hydroxylation is 2. The highest BCUT2D eigenvalue weighted by atomic mass is 19.1. The third-order valence-corrected chi connectivity index (χ3v) is 7.05. The smallest absolute Gasteiger partial charge is 0.181 e. The highest BCUT2D eigenvalue weighted by Gasteiger charge is 2.17. The number of hydrogen-bond acceptors (Lipinski definition) is 5. The minimum absolute atomic E-state index is 0.250. The van der Waals surface area contributed by atoms with Crippen molar-refractivity contribution in [2.24, 2.45) is 7.05 Å². The molecule has 38 heavy (non-hydrogen) atoms. The molecule has 6 aromatic rings. The first-order valence-electron chi connectivity index (χ1n) is 12.6. The van der Waals surface area contributed by atoms with E-state index in [2.05, 4.69) is 41.1 Å². The zero-order valence-electron chi connectivity index (χ0n) is 21.9. The molecule has 0 aliphatic carbocycles. The van der Waals surface area contributed by atoms with Crippen LogP contribution in [-0.4, -0.2) is 60.2 Å². The molecule has 9 heteroatoms. The first-order valence-corrected chi connectivity index (χ1v) is 12.6. The van der Waals surface area contributed by atoms with Crippen molar-refractivity contribution in [2.45, 2.75) is 19.8 Å². The van der Waals surface area contributed by atoms with Crippen molar-refractivity contribution in [2.75, 3.05) is 20.6 Å². The molecule has 192 valence electrons. The zero-order valence-corrected chi connectivity index (χ0v) is 21.9. The van der Waals surface area contributed by atoms with Gasteiger partial charge in [-0.15, -0.1) is 0 Å². The third-order valence-electron chi connectivity index (χ3n) is 7.05. The predicted octanol–water partition coefficient (Wildman–Crippen LogP) is 5.51. The van der Waals surface area contributed by atoms with E-state index in [9.17, 15) is 4.39 Å². The highest BCUT2D eigenvalue weighted by molar-refractivity contribution is 6.00. The van der Waals surface area contributed by atoms with Gasteiger partial charge in [-0.25, -0.2) is 14.4 Å². The van der Waals surface area contributed by atoms with E-state index < -0.39 is 0 Å². The number of aromatic nitrogens is 7. The Labute approximate surface area is 219 Å². The van der Waals surface area contributed by atoms with E-state index in [1.54, 1.807) is 18.3 Å². The summed E-state index contributed by atoms with van der Waals surface area (Å²) in [7, 11) is 6.08. The van der Waals surface area contributed by atoms with E-state index in [0.29, 0.717) is 5.65 Å². The molecule has 0 bridgehead atoms. The quantitative estimate of drug-likeness (QED) is 0.297. The molecule has 8 nitrogen and oxygen atoms in total. The van der Waals surface area contributed by atoms with Gasteiger partial charge in [-0.1, -0.05) is 0 Å². The van der Waals surface area contributed by atoms with E-state index in [1.165, 1.54) is 0 Å². The van der Waals surface area contributed by atoms with Crippen LogP contribution in [0.4, 0.5) is 4.39 Å². The fourth-order valence-corrected chi connectivity index (χ4v) is 4.96. The molecule has 0 fully saturated rings. The van der Waals surface area contributed by atoms with E-state index in [0.717, 1.165) is 81.0 Å². The Balaban J connectivity index is 1.41. The molecule has 0 saturated carbocycles. The number of imidazole rings is 1. The van der Waals surface area contributed by atoms with Gasteiger partial charge >= 0.3 is 0 Å². The van der Waals surface area contributed by atoms with Gasteiger partial charge in [-0.05, 0) is 82.4 Å². The van der Waals surface area contributed by atoms with Gasteiger partial charge in [0, 0.05) is 46.9 Å². The average Bonchev–Trinajstić information content (AvgIpc) is 3.59. The molecule has 0 amide bonds. The number of nitrogens with zero attached hydrogens (tertiary/aromatic N) is 6. The summed E-state index contributed by atoms with van der Waals surface area (Å²) in [4.78, 5) is 19.3. The Hall–Kier alpha value is -4.37. The largest absolute Gasteiger partial charge is 0.353 e. The normalized spacial score (nSPS) is 11.8. The Morgan fingerprint density at radius 3 is 2.63 bits per heavy atom. The standard InChI is InChI=1S/C29H29FN8/c1-17-32-16-26(38(17)4)20-13-23-28(35-36-29(23)33-15-20)25-14-22-24(34-25)7-8-31-27(22)19-10-18(11-21(30)12-19)6-5-9-37(2)3/h7-8,10-16,34H,5-6,9H2,1-4H3,(H,33,35,36). The maximum atomic E-state index is 14.6. The first-order chi connectivity index (χ1) is 18.4. The third kappa shape index (κ3) is 4.35. The first kappa shape index (κ1) is 24.0. The van der Waals surface area contributed by atoms with Crippen LogP contribution in [0.3, 0.4) is 0 Å². The lowest BCUT2D eigenvalue weighted by Gasteiger charge is -2.10. The molecule has 0 saturated heterocycles. The van der Waals surface area contributed by atoms with Crippen LogP contribution >= 0.6 is 0 Å². The molecule has 6 rings (SSSR count). The maximum absolute atomic E-state index is 14.6. The van der Waals surface area contributed by atoms with Crippen LogP contribution in [0.1, 0.15) is 17.8 Å². The Bertz CT molecular complexity index is 1770. The van der Waals surface area contributed by atoms with Crippen molar-refractivity contribution >= 4 is 21.9 Å². The van der Waals surface area contributed by atoms with E-state index in [1.807, 2.05) is 63.2 Å². The number of rotatable bonds is 7. The Morgan fingerprint density at radius 2 is 1.84 bits per heavy atom. The van der Waals surface area contributed by atoms with Crippen LogP contribution in [0.25, 0.3) is 55.8 Å². The Morgan fingerprint density at radius 1 is 0.974 bits per heavy atom. The van der Waals surface area contributed by atoms with Gasteiger partial charge in [-0.3, -0.25) is 10.1 Å². The fraction of sp³-hybridized carbons (Fsp3) is 0.241. The number of pyridine rings is 2. The summed E-state index contributed by atoms with van der Waals surface area (Å²) < 4.78 is 16.7. The van der Waals surface area contributed by atoms with Crippen LogP contribution < -0.4 is 0 Å². The summed E-state index contributed by atoms with van der Waals surface area (Å²) in [6, 6.07) is 11.3.